The molecule has 2 heterocycles. The Balaban J connectivity index is 1.60. The van der Waals surface area contributed by atoms with Crippen LogP contribution in [0.5, 0.6) is 0 Å². The number of nitrogens with zero attached hydrogens (tertiary/aromatic N) is 2. The Bertz CT molecular complexity index is 1310. The van der Waals surface area contributed by atoms with Crippen molar-refractivity contribution < 1.29 is 9.21 Å². The lowest BCUT2D eigenvalue weighted by molar-refractivity contribution is 0.0707. The first-order chi connectivity index (χ1) is 14.7. The SMILES string of the molecule is O=C(c1cc2ccccc2oc1=O)N1N=C(c2ccccc2)CC1c1ccccc1. The van der Waals surface area contributed by atoms with Crippen LogP contribution in [-0.4, -0.2) is 16.6 Å². The van der Waals surface area contributed by atoms with Crippen LogP contribution in [0, 0.1) is 0 Å². The van der Waals surface area contributed by atoms with Gasteiger partial charge in [0.1, 0.15) is 11.1 Å². The van der Waals surface area contributed by atoms with Crippen LogP contribution in [0.1, 0.15) is 33.9 Å². The number of carbonyl (C=O) groups excluding carboxylic acids is 1. The van der Waals surface area contributed by atoms with Gasteiger partial charge in [-0.2, -0.15) is 5.10 Å². The fourth-order valence-corrected chi connectivity index (χ4v) is 3.77. The third-order valence-electron chi connectivity index (χ3n) is 5.28. The molecule has 5 heteroatoms. The zero-order chi connectivity index (χ0) is 20.5. The number of carbonyl (C=O) groups is 1. The summed E-state index contributed by atoms with van der Waals surface area (Å²) in [6, 6.07) is 27.9. The predicted octanol–water partition coefficient (Wildman–Crippen LogP) is 4.78. The standard InChI is InChI=1S/C25H18N2O3/c28-24(20-15-19-13-7-8-14-23(19)30-25(20)29)27-22(18-11-5-2-6-12-18)16-21(26-27)17-9-3-1-4-10-17/h1-15,22H,16H2. The van der Waals surface area contributed by atoms with Crippen molar-refractivity contribution in [2.45, 2.75) is 12.5 Å². The summed E-state index contributed by atoms with van der Waals surface area (Å²) in [4.78, 5) is 26.0. The number of para-hydroxylation sites is 1. The van der Waals surface area contributed by atoms with Gasteiger partial charge in [0.05, 0.1) is 11.8 Å². The number of rotatable bonds is 3. The monoisotopic (exact) mass is 394 g/mol. The quantitative estimate of drug-likeness (QED) is 0.470. The summed E-state index contributed by atoms with van der Waals surface area (Å²) in [6.07, 6.45) is 0.568. The Labute approximate surface area is 172 Å². The zero-order valence-electron chi connectivity index (χ0n) is 16.1. The van der Waals surface area contributed by atoms with E-state index in [4.69, 9.17) is 4.42 Å². The van der Waals surface area contributed by atoms with Crippen molar-refractivity contribution >= 4 is 22.6 Å². The average molecular weight is 394 g/mol. The van der Waals surface area contributed by atoms with E-state index in [1.165, 1.54) is 5.01 Å². The summed E-state index contributed by atoms with van der Waals surface area (Å²) in [7, 11) is 0. The first-order valence-corrected chi connectivity index (χ1v) is 9.75. The lowest BCUT2D eigenvalue weighted by Gasteiger charge is -2.21. The molecule has 30 heavy (non-hydrogen) atoms. The minimum atomic E-state index is -0.658. The molecule has 0 N–H and O–H groups in total. The van der Waals surface area contributed by atoms with Crippen molar-refractivity contribution in [1.82, 2.24) is 5.01 Å². The van der Waals surface area contributed by atoms with E-state index in [0.29, 0.717) is 17.4 Å². The summed E-state index contributed by atoms with van der Waals surface area (Å²) >= 11 is 0. The van der Waals surface area contributed by atoms with Gasteiger partial charge in [0, 0.05) is 11.8 Å². The van der Waals surface area contributed by atoms with E-state index in [9.17, 15) is 9.59 Å². The zero-order valence-corrected chi connectivity index (χ0v) is 16.1. The molecule has 3 aromatic carbocycles. The van der Waals surface area contributed by atoms with Crippen molar-refractivity contribution in [3.8, 4) is 0 Å². The van der Waals surface area contributed by atoms with Crippen LogP contribution in [0.25, 0.3) is 11.0 Å². The second-order valence-electron chi connectivity index (χ2n) is 7.18. The summed E-state index contributed by atoms with van der Waals surface area (Å²) in [5.41, 5.74) is 2.50. The maximum Gasteiger partial charge on any atom is 0.349 e. The molecular formula is C25H18N2O3. The van der Waals surface area contributed by atoms with E-state index in [1.807, 2.05) is 72.8 Å². The van der Waals surface area contributed by atoms with Crippen molar-refractivity contribution in [3.05, 3.63) is 118 Å². The Morgan fingerprint density at radius 1 is 0.900 bits per heavy atom. The first kappa shape index (κ1) is 18.1. The predicted molar refractivity (Wildman–Crippen MR) is 115 cm³/mol. The van der Waals surface area contributed by atoms with Crippen molar-refractivity contribution in [2.75, 3.05) is 0 Å². The number of benzene rings is 3. The summed E-state index contributed by atoms with van der Waals surface area (Å²) < 4.78 is 5.37. The molecular weight excluding hydrogens is 376 g/mol. The Morgan fingerprint density at radius 2 is 1.57 bits per heavy atom. The number of fused-ring (bicyclic) bond motifs is 1. The number of hydrogen-bond donors (Lipinski definition) is 0. The molecule has 0 bridgehead atoms. The van der Waals surface area contributed by atoms with Crippen molar-refractivity contribution in [2.24, 2.45) is 5.10 Å². The summed E-state index contributed by atoms with van der Waals surface area (Å²) in [5.74, 6) is -0.464. The van der Waals surface area contributed by atoms with Crippen LogP contribution >= 0.6 is 0 Å². The molecule has 0 saturated heterocycles. The molecule has 146 valence electrons. The molecule has 4 aromatic rings. The topological polar surface area (TPSA) is 62.9 Å². The van der Waals surface area contributed by atoms with Gasteiger partial charge < -0.3 is 4.42 Å². The fraction of sp³-hybridized carbons (Fsp3) is 0.0800. The molecule has 0 spiro atoms. The molecule has 1 aromatic heterocycles. The number of hydrogen-bond acceptors (Lipinski definition) is 4. The lowest BCUT2D eigenvalue weighted by Crippen LogP contribution is -2.30. The van der Waals surface area contributed by atoms with E-state index in [1.54, 1.807) is 18.2 Å². The molecule has 0 aliphatic carbocycles. The second kappa shape index (κ2) is 7.44. The van der Waals surface area contributed by atoms with Gasteiger partial charge >= 0.3 is 5.63 Å². The van der Waals surface area contributed by atoms with Gasteiger partial charge in [0.2, 0.25) is 0 Å². The molecule has 0 fully saturated rings. The molecule has 1 unspecified atom stereocenters. The Morgan fingerprint density at radius 3 is 2.33 bits per heavy atom. The van der Waals surface area contributed by atoms with Gasteiger partial charge in [0.15, 0.2) is 0 Å². The lowest BCUT2D eigenvalue weighted by atomic mass is 9.98. The van der Waals surface area contributed by atoms with Gasteiger partial charge in [-0.15, -0.1) is 0 Å². The third-order valence-corrected chi connectivity index (χ3v) is 5.28. The van der Waals surface area contributed by atoms with Crippen LogP contribution in [-0.2, 0) is 0 Å². The highest BCUT2D eigenvalue weighted by atomic mass is 16.4. The van der Waals surface area contributed by atoms with Crippen molar-refractivity contribution in [1.29, 1.82) is 0 Å². The number of amides is 1. The summed E-state index contributed by atoms with van der Waals surface area (Å²) in [6.45, 7) is 0. The largest absolute Gasteiger partial charge is 0.422 e. The normalized spacial score (nSPS) is 15.9. The van der Waals surface area contributed by atoms with E-state index < -0.39 is 11.5 Å². The van der Waals surface area contributed by atoms with Crippen LogP contribution < -0.4 is 5.63 Å². The van der Waals surface area contributed by atoms with Gasteiger partial charge in [0.25, 0.3) is 5.91 Å². The highest BCUT2D eigenvalue weighted by Gasteiger charge is 2.35. The molecule has 1 amide bonds. The molecule has 1 aliphatic rings. The van der Waals surface area contributed by atoms with Crippen LogP contribution in [0.3, 0.4) is 0 Å². The van der Waals surface area contributed by atoms with Gasteiger partial charge in [-0.1, -0.05) is 78.9 Å². The van der Waals surface area contributed by atoms with Gasteiger partial charge in [-0.3, -0.25) is 4.79 Å². The van der Waals surface area contributed by atoms with Gasteiger partial charge in [-0.05, 0) is 23.3 Å². The van der Waals surface area contributed by atoms with E-state index in [2.05, 4.69) is 5.10 Å². The maximum absolute atomic E-state index is 13.4. The van der Waals surface area contributed by atoms with E-state index in [0.717, 1.165) is 16.8 Å². The fourth-order valence-electron chi connectivity index (χ4n) is 3.77. The molecule has 1 aliphatic heterocycles. The highest BCUT2D eigenvalue weighted by molar-refractivity contribution is 6.05. The molecule has 0 saturated carbocycles. The van der Waals surface area contributed by atoms with Crippen LogP contribution in [0.15, 0.2) is 105 Å². The minimum absolute atomic E-state index is 0.0207. The third kappa shape index (κ3) is 3.20. The second-order valence-corrected chi connectivity index (χ2v) is 7.18. The van der Waals surface area contributed by atoms with Crippen molar-refractivity contribution in [3.63, 3.8) is 0 Å². The Kier molecular flexibility index (Phi) is 4.48. The Hall–Kier alpha value is -3.99. The van der Waals surface area contributed by atoms with Crippen LogP contribution in [0.2, 0.25) is 0 Å². The average Bonchev–Trinajstić information content (AvgIpc) is 3.25. The van der Waals surface area contributed by atoms with E-state index in [-0.39, 0.29) is 11.6 Å². The summed E-state index contributed by atoms with van der Waals surface area (Å²) in [5, 5.41) is 6.75. The first-order valence-electron chi connectivity index (χ1n) is 9.75. The molecule has 5 nitrogen and oxygen atoms in total. The smallest absolute Gasteiger partial charge is 0.349 e. The number of hydrazone groups is 1. The van der Waals surface area contributed by atoms with Crippen LogP contribution in [0.4, 0.5) is 0 Å². The highest BCUT2D eigenvalue weighted by Crippen LogP contribution is 2.33. The van der Waals surface area contributed by atoms with E-state index >= 15 is 0 Å². The minimum Gasteiger partial charge on any atom is -0.422 e. The van der Waals surface area contributed by atoms with Gasteiger partial charge in [-0.25, -0.2) is 9.80 Å². The maximum atomic E-state index is 13.4. The molecule has 1 atom stereocenters. The molecule has 0 radical (unpaired) electrons. The molecule has 5 rings (SSSR count).